The Balaban J connectivity index is 2.33. The lowest BCUT2D eigenvalue weighted by Crippen LogP contribution is -2.07. The molecule has 0 saturated heterocycles. The van der Waals surface area contributed by atoms with Gasteiger partial charge in [-0.2, -0.15) is 5.10 Å². The van der Waals surface area contributed by atoms with E-state index in [0.717, 1.165) is 17.8 Å². The van der Waals surface area contributed by atoms with E-state index in [9.17, 15) is 4.79 Å². The van der Waals surface area contributed by atoms with Gasteiger partial charge in [0.15, 0.2) is 5.82 Å². The predicted molar refractivity (Wildman–Crippen MR) is 76.2 cm³/mol. The average Bonchev–Trinajstić information content (AvgIpc) is 2.74. The van der Waals surface area contributed by atoms with E-state index in [1.165, 1.54) is 11.8 Å². The highest BCUT2D eigenvalue weighted by Crippen LogP contribution is 2.17. The fourth-order valence-electron chi connectivity index (χ4n) is 2.26. The molecule has 0 spiro atoms. The number of hydrogen-bond donors (Lipinski definition) is 0. The Morgan fingerprint density at radius 2 is 2.05 bits per heavy atom. The van der Waals surface area contributed by atoms with Crippen LogP contribution in [0.25, 0.3) is 5.82 Å². The molecule has 0 atom stereocenters. The van der Waals surface area contributed by atoms with Crippen LogP contribution in [0.1, 0.15) is 41.2 Å². The van der Waals surface area contributed by atoms with E-state index in [2.05, 4.69) is 17.0 Å². The Morgan fingerprint density at radius 1 is 1.30 bits per heavy atom. The number of carbonyl (C=O) groups is 1. The van der Waals surface area contributed by atoms with Crippen LogP contribution in [-0.2, 0) is 11.2 Å². The van der Waals surface area contributed by atoms with Crippen LogP contribution in [0.4, 0.5) is 0 Å². The second-order valence-electron chi connectivity index (χ2n) is 4.54. The molecular formula is C15H19N3O2. The summed E-state index contributed by atoms with van der Waals surface area (Å²) in [5.41, 5.74) is 3.79. The summed E-state index contributed by atoms with van der Waals surface area (Å²) in [5, 5.41) is 4.50. The van der Waals surface area contributed by atoms with Crippen LogP contribution in [-0.4, -0.2) is 27.3 Å². The summed E-state index contributed by atoms with van der Waals surface area (Å²) < 4.78 is 6.75. The zero-order valence-electron chi connectivity index (χ0n) is 12.3. The van der Waals surface area contributed by atoms with Gasteiger partial charge in [0.2, 0.25) is 0 Å². The monoisotopic (exact) mass is 273 g/mol. The maximum Gasteiger partial charge on any atom is 0.339 e. The van der Waals surface area contributed by atoms with Crippen molar-refractivity contribution in [2.75, 3.05) is 6.61 Å². The SMILES string of the molecule is CCOC(=O)c1ccc(-n2nc(C)c(CC)c2C)nc1. The van der Waals surface area contributed by atoms with Gasteiger partial charge in [-0.05, 0) is 44.9 Å². The Morgan fingerprint density at radius 3 is 2.55 bits per heavy atom. The number of aromatic nitrogens is 3. The molecule has 2 aromatic heterocycles. The molecule has 0 radical (unpaired) electrons. The highest BCUT2D eigenvalue weighted by atomic mass is 16.5. The number of aryl methyl sites for hydroxylation is 1. The van der Waals surface area contributed by atoms with Crippen LogP contribution in [0.2, 0.25) is 0 Å². The third-order valence-electron chi connectivity index (χ3n) is 3.27. The Hall–Kier alpha value is -2.17. The van der Waals surface area contributed by atoms with Gasteiger partial charge in [0, 0.05) is 11.9 Å². The minimum absolute atomic E-state index is 0.353. The van der Waals surface area contributed by atoms with Gasteiger partial charge >= 0.3 is 5.97 Å². The van der Waals surface area contributed by atoms with Crippen LogP contribution >= 0.6 is 0 Å². The van der Waals surface area contributed by atoms with Gasteiger partial charge in [0.25, 0.3) is 0 Å². The number of nitrogens with zero attached hydrogens (tertiary/aromatic N) is 3. The lowest BCUT2D eigenvalue weighted by atomic mass is 10.1. The van der Waals surface area contributed by atoms with Gasteiger partial charge in [-0.15, -0.1) is 0 Å². The van der Waals surface area contributed by atoms with E-state index in [1.54, 1.807) is 19.1 Å². The van der Waals surface area contributed by atoms with E-state index in [-0.39, 0.29) is 5.97 Å². The minimum Gasteiger partial charge on any atom is -0.462 e. The summed E-state index contributed by atoms with van der Waals surface area (Å²) in [5.74, 6) is 0.354. The molecule has 2 aromatic rings. The van der Waals surface area contributed by atoms with Gasteiger partial charge in [-0.3, -0.25) is 0 Å². The van der Waals surface area contributed by atoms with Crippen LogP contribution in [0, 0.1) is 13.8 Å². The first-order chi connectivity index (χ1) is 9.58. The zero-order chi connectivity index (χ0) is 14.7. The number of pyridine rings is 1. The van der Waals surface area contributed by atoms with E-state index < -0.39 is 0 Å². The van der Waals surface area contributed by atoms with Crippen molar-refractivity contribution in [2.45, 2.75) is 34.1 Å². The third kappa shape index (κ3) is 2.57. The van der Waals surface area contributed by atoms with E-state index in [1.807, 2.05) is 18.5 Å². The highest BCUT2D eigenvalue weighted by molar-refractivity contribution is 5.89. The van der Waals surface area contributed by atoms with Crippen molar-refractivity contribution in [1.82, 2.24) is 14.8 Å². The second kappa shape index (κ2) is 5.86. The molecular weight excluding hydrogens is 254 g/mol. The van der Waals surface area contributed by atoms with Crippen molar-refractivity contribution in [2.24, 2.45) is 0 Å². The van der Waals surface area contributed by atoms with Crippen molar-refractivity contribution in [1.29, 1.82) is 0 Å². The molecule has 0 amide bonds. The summed E-state index contributed by atoms with van der Waals surface area (Å²) >= 11 is 0. The smallest absolute Gasteiger partial charge is 0.339 e. The molecule has 0 aliphatic heterocycles. The second-order valence-corrected chi connectivity index (χ2v) is 4.54. The lowest BCUT2D eigenvalue weighted by molar-refractivity contribution is 0.0526. The van der Waals surface area contributed by atoms with Crippen LogP contribution in [0.3, 0.4) is 0 Å². The number of ether oxygens (including phenoxy) is 1. The van der Waals surface area contributed by atoms with Crippen molar-refractivity contribution in [3.8, 4) is 5.82 Å². The first-order valence-electron chi connectivity index (χ1n) is 6.77. The fraction of sp³-hybridized carbons (Fsp3) is 0.400. The van der Waals surface area contributed by atoms with Gasteiger partial charge in [0.1, 0.15) is 0 Å². The average molecular weight is 273 g/mol. The number of esters is 1. The van der Waals surface area contributed by atoms with E-state index >= 15 is 0 Å². The number of carbonyl (C=O) groups excluding carboxylic acids is 1. The Labute approximate surface area is 118 Å². The molecule has 5 nitrogen and oxygen atoms in total. The molecule has 0 aliphatic rings. The van der Waals surface area contributed by atoms with Crippen molar-refractivity contribution < 1.29 is 9.53 Å². The highest BCUT2D eigenvalue weighted by Gasteiger charge is 2.13. The molecule has 2 rings (SSSR count). The molecule has 0 bridgehead atoms. The predicted octanol–water partition coefficient (Wildman–Crippen LogP) is 2.62. The topological polar surface area (TPSA) is 57.0 Å². The quantitative estimate of drug-likeness (QED) is 0.803. The number of hydrogen-bond acceptors (Lipinski definition) is 4. The molecule has 5 heteroatoms. The largest absolute Gasteiger partial charge is 0.462 e. The van der Waals surface area contributed by atoms with Crippen molar-refractivity contribution in [3.63, 3.8) is 0 Å². The normalized spacial score (nSPS) is 10.6. The lowest BCUT2D eigenvalue weighted by Gasteiger charge is -2.05. The van der Waals surface area contributed by atoms with Crippen LogP contribution < -0.4 is 0 Å². The summed E-state index contributed by atoms with van der Waals surface area (Å²) in [7, 11) is 0. The number of rotatable bonds is 4. The van der Waals surface area contributed by atoms with E-state index in [4.69, 9.17) is 4.74 Å². The first-order valence-corrected chi connectivity index (χ1v) is 6.77. The molecule has 20 heavy (non-hydrogen) atoms. The zero-order valence-corrected chi connectivity index (χ0v) is 12.3. The summed E-state index contributed by atoms with van der Waals surface area (Å²) in [6, 6.07) is 3.49. The molecule has 0 fully saturated rings. The Bertz CT molecular complexity index is 615. The van der Waals surface area contributed by atoms with Crippen molar-refractivity contribution >= 4 is 5.97 Å². The molecule has 2 heterocycles. The summed E-state index contributed by atoms with van der Waals surface area (Å²) in [6.07, 6.45) is 2.47. The first kappa shape index (κ1) is 14.2. The van der Waals surface area contributed by atoms with Gasteiger partial charge in [-0.1, -0.05) is 6.92 Å². The molecule has 0 unspecified atom stereocenters. The molecule has 0 N–H and O–H groups in total. The molecule has 106 valence electrons. The van der Waals surface area contributed by atoms with Crippen LogP contribution in [0.15, 0.2) is 18.3 Å². The van der Waals surface area contributed by atoms with Gasteiger partial charge in [0.05, 0.1) is 17.9 Å². The van der Waals surface area contributed by atoms with Gasteiger partial charge in [-0.25, -0.2) is 14.5 Å². The Kier molecular flexibility index (Phi) is 4.17. The van der Waals surface area contributed by atoms with Crippen molar-refractivity contribution in [3.05, 3.63) is 40.8 Å². The van der Waals surface area contributed by atoms with E-state index in [0.29, 0.717) is 18.0 Å². The van der Waals surface area contributed by atoms with Gasteiger partial charge < -0.3 is 4.74 Å². The van der Waals surface area contributed by atoms with Crippen LogP contribution in [0.5, 0.6) is 0 Å². The minimum atomic E-state index is -0.353. The standard InChI is InChI=1S/C15H19N3O2/c1-5-13-10(3)17-18(11(13)4)14-8-7-12(9-16-14)15(19)20-6-2/h7-9H,5-6H2,1-4H3. The maximum atomic E-state index is 11.6. The molecule has 0 saturated carbocycles. The summed E-state index contributed by atoms with van der Waals surface area (Å²) in [4.78, 5) is 15.9. The third-order valence-corrected chi connectivity index (χ3v) is 3.27. The molecule has 0 aromatic carbocycles. The maximum absolute atomic E-state index is 11.6. The fourth-order valence-corrected chi connectivity index (χ4v) is 2.26. The summed E-state index contributed by atoms with van der Waals surface area (Å²) in [6.45, 7) is 8.27. The molecule has 0 aliphatic carbocycles.